The fourth-order valence-corrected chi connectivity index (χ4v) is 7.01. The summed E-state index contributed by atoms with van der Waals surface area (Å²) in [6.45, 7) is 0. The quantitative estimate of drug-likeness (QED) is 0.358. The van der Waals surface area contributed by atoms with Gasteiger partial charge in [0.1, 0.15) is 5.71 Å². The van der Waals surface area contributed by atoms with Crippen molar-refractivity contribution in [2.45, 2.75) is 22.3 Å². The minimum absolute atomic E-state index is 0.178. The second kappa shape index (κ2) is 9.40. The maximum atomic E-state index is 5.14. The van der Waals surface area contributed by atoms with Gasteiger partial charge in [-0.2, -0.15) is 0 Å². The summed E-state index contributed by atoms with van der Waals surface area (Å²) in [6.07, 6.45) is 9.77. The highest BCUT2D eigenvalue weighted by molar-refractivity contribution is 8.24. The number of benzene rings is 3. The molecule has 0 saturated heterocycles. The van der Waals surface area contributed by atoms with E-state index in [0.29, 0.717) is 0 Å². The Labute approximate surface area is 215 Å². The molecule has 0 fully saturated rings. The van der Waals surface area contributed by atoms with Crippen LogP contribution in [-0.2, 0) is 0 Å². The Hall–Kier alpha value is -3.28. The highest BCUT2D eigenvalue weighted by Crippen LogP contribution is 2.52. The largest absolute Gasteiger partial charge is 0.378 e. The van der Waals surface area contributed by atoms with Crippen LogP contribution in [0.1, 0.15) is 23.6 Å². The second-order valence-corrected chi connectivity index (χ2v) is 11.3. The molecule has 3 aromatic carbocycles. The molecule has 0 spiro atoms. The van der Waals surface area contributed by atoms with Crippen molar-refractivity contribution in [1.29, 1.82) is 0 Å². The lowest BCUT2D eigenvalue weighted by Crippen LogP contribution is -2.16. The van der Waals surface area contributed by atoms with E-state index in [4.69, 9.17) is 5.10 Å². The summed E-state index contributed by atoms with van der Waals surface area (Å²) in [5.41, 5.74) is 7.17. The summed E-state index contributed by atoms with van der Waals surface area (Å²) < 4.78 is 3.53. The van der Waals surface area contributed by atoms with Crippen molar-refractivity contribution in [1.82, 2.24) is 0 Å². The monoisotopic (exact) mass is 492 g/mol. The molecule has 0 radical (unpaired) electrons. The third kappa shape index (κ3) is 4.42. The second-order valence-electron chi connectivity index (χ2n) is 8.95. The van der Waals surface area contributed by atoms with Gasteiger partial charge in [0, 0.05) is 52.9 Å². The SMILES string of the molecule is CN(C)c1ccc(C2=N[N+](=C3C=CC(=C4Sc5ccccc5S4)C=C3)[C@H](c3ccccc3)C2)cc1. The number of fused-ring (bicyclic) bond motifs is 1. The van der Waals surface area contributed by atoms with Crippen molar-refractivity contribution in [2.24, 2.45) is 5.10 Å². The van der Waals surface area contributed by atoms with E-state index in [-0.39, 0.29) is 6.04 Å². The smallest absolute Gasteiger partial charge is 0.232 e. The first kappa shape index (κ1) is 22.2. The number of anilines is 1. The Balaban J connectivity index is 1.35. The zero-order valence-electron chi connectivity index (χ0n) is 19.8. The van der Waals surface area contributed by atoms with Crippen LogP contribution in [0.25, 0.3) is 0 Å². The van der Waals surface area contributed by atoms with Crippen LogP contribution >= 0.6 is 23.5 Å². The van der Waals surface area contributed by atoms with E-state index in [1.54, 1.807) is 0 Å². The first-order valence-electron chi connectivity index (χ1n) is 11.8. The Morgan fingerprint density at radius 1 is 0.771 bits per heavy atom. The normalized spacial score (nSPS) is 18.8. The van der Waals surface area contributed by atoms with Gasteiger partial charge in [-0.3, -0.25) is 0 Å². The molecule has 3 aromatic rings. The molecule has 0 aromatic heterocycles. The molecular formula is C30H26N3S2+. The average Bonchev–Trinajstić information content (AvgIpc) is 3.55. The molecule has 172 valence electrons. The molecule has 3 aliphatic rings. The van der Waals surface area contributed by atoms with E-state index in [0.717, 1.165) is 17.8 Å². The topological polar surface area (TPSA) is 18.6 Å². The highest BCUT2D eigenvalue weighted by atomic mass is 32.2. The van der Waals surface area contributed by atoms with Crippen LogP contribution in [0, 0.1) is 0 Å². The molecule has 6 rings (SSSR count). The molecule has 2 heterocycles. The zero-order valence-corrected chi connectivity index (χ0v) is 21.4. The van der Waals surface area contributed by atoms with Crippen molar-refractivity contribution in [2.75, 3.05) is 19.0 Å². The molecule has 0 bridgehead atoms. The van der Waals surface area contributed by atoms with Gasteiger partial charge in [-0.05, 0) is 47.1 Å². The first-order valence-corrected chi connectivity index (χ1v) is 13.4. The molecular weight excluding hydrogens is 466 g/mol. The molecule has 35 heavy (non-hydrogen) atoms. The van der Waals surface area contributed by atoms with Crippen LogP contribution in [0.3, 0.4) is 0 Å². The lowest BCUT2D eigenvalue weighted by Gasteiger charge is -2.12. The van der Waals surface area contributed by atoms with Crippen LogP contribution in [0.15, 0.2) is 128 Å². The number of rotatable bonds is 3. The molecule has 1 aliphatic carbocycles. The molecule has 2 aliphatic heterocycles. The van der Waals surface area contributed by atoms with Crippen molar-refractivity contribution in [3.8, 4) is 0 Å². The van der Waals surface area contributed by atoms with Crippen molar-refractivity contribution >= 4 is 40.6 Å². The minimum atomic E-state index is 0.178. The van der Waals surface area contributed by atoms with E-state index in [2.05, 4.69) is 127 Å². The lowest BCUT2D eigenvalue weighted by atomic mass is 9.98. The first-order chi connectivity index (χ1) is 17.2. The maximum absolute atomic E-state index is 5.14. The molecule has 0 N–H and O–H groups in total. The number of allylic oxidation sites excluding steroid dienone is 5. The van der Waals surface area contributed by atoms with E-state index in [9.17, 15) is 0 Å². The number of hydrogen-bond acceptors (Lipinski definition) is 4. The van der Waals surface area contributed by atoms with Crippen molar-refractivity contribution < 1.29 is 4.68 Å². The van der Waals surface area contributed by atoms with Crippen LogP contribution in [0.4, 0.5) is 5.69 Å². The van der Waals surface area contributed by atoms with E-state index >= 15 is 0 Å². The summed E-state index contributed by atoms with van der Waals surface area (Å²) in [7, 11) is 4.14. The Morgan fingerprint density at radius 2 is 1.40 bits per heavy atom. The summed E-state index contributed by atoms with van der Waals surface area (Å²) in [6, 6.07) is 28.2. The average molecular weight is 493 g/mol. The Bertz CT molecular complexity index is 1380. The van der Waals surface area contributed by atoms with Gasteiger partial charge in [-0.15, -0.1) is 0 Å². The van der Waals surface area contributed by atoms with Gasteiger partial charge in [0.05, 0.1) is 10.7 Å². The van der Waals surface area contributed by atoms with Gasteiger partial charge < -0.3 is 4.90 Å². The Kier molecular flexibility index (Phi) is 5.96. The number of thioether (sulfide) groups is 2. The third-order valence-corrected chi connectivity index (χ3v) is 9.06. The van der Waals surface area contributed by atoms with E-state index in [1.807, 2.05) is 23.5 Å². The molecule has 1 atom stereocenters. The summed E-state index contributed by atoms with van der Waals surface area (Å²) in [5.74, 6) is 0. The summed E-state index contributed by atoms with van der Waals surface area (Å²) in [5, 5.41) is 5.14. The molecule has 0 amide bonds. The van der Waals surface area contributed by atoms with Gasteiger partial charge in [-0.1, -0.05) is 82.8 Å². The number of hydrazone groups is 1. The molecule has 5 heteroatoms. The Morgan fingerprint density at radius 3 is 2.03 bits per heavy atom. The van der Waals surface area contributed by atoms with Crippen molar-refractivity contribution in [3.05, 3.63) is 124 Å². The maximum Gasteiger partial charge on any atom is 0.232 e. The molecule has 0 saturated carbocycles. The van der Waals surface area contributed by atoms with E-state index in [1.165, 1.54) is 36.4 Å². The minimum Gasteiger partial charge on any atom is -0.378 e. The van der Waals surface area contributed by atoms with Gasteiger partial charge in [-0.25, -0.2) is 0 Å². The van der Waals surface area contributed by atoms with Crippen LogP contribution in [0.5, 0.6) is 0 Å². The predicted octanol–water partition coefficient (Wildman–Crippen LogP) is 7.29. The molecule has 0 unspecified atom stereocenters. The predicted molar refractivity (Wildman–Crippen MR) is 150 cm³/mol. The molecule has 3 nitrogen and oxygen atoms in total. The van der Waals surface area contributed by atoms with Gasteiger partial charge in [0.2, 0.25) is 11.8 Å². The highest BCUT2D eigenvalue weighted by Gasteiger charge is 2.36. The zero-order chi connectivity index (χ0) is 23.8. The van der Waals surface area contributed by atoms with Gasteiger partial charge in [0.15, 0.2) is 0 Å². The van der Waals surface area contributed by atoms with Gasteiger partial charge in [0.25, 0.3) is 0 Å². The fourth-order valence-electron chi connectivity index (χ4n) is 4.52. The summed E-state index contributed by atoms with van der Waals surface area (Å²) >= 11 is 3.72. The van der Waals surface area contributed by atoms with Crippen LogP contribution in [-0.4, -0.2) is 30.2 Å². The fraction of sp³-hybridized carbons (Fsp3) is 0.133. The third-order valence-electron chi connectivity index (χ3n) is 6.43. The standard InChI is InChI=1S/C30H26N3S2/c1-32(2)24-16-12-21(13-17-24)26-20-27(22-8-4-3-5-9-22)33(31-26)25-18-14-23(15-19-25)30-34-28-10-6-7-11-29(28)35-30/h3-19,27H,20H2,1-2H3/q+1/t27-/m0/s1. The van der Waals surface area contributed by atoms with Gasteiger partial charge >= 0.3 is 0 Å². The lowest BCUT2D eigenvalue weighted by molar-refractivity contribution is -0.566. The van der Waals surface area contributed by atoms with Crippen molar-refractivity contribution in [3.63, 3.8) is 0 Å². The van der Waals surface area contributed by atoms with Crippen LogP contribution in [0.2, 0.25) is 0 Å². The summed E-state index contributed by atoms with van der Waals surface area (Å²) in [4.78, 5) is 4.81. The number of hydrogen-bond donors (Lipinski definition) is 0. The van der Waals surface area contributed by atoms with E-state index < -0.39 is 0 Å². The van der Waals surface area contributed by atoms with Crippen LogP contribution < -0.4 is 4.90 Å². The number of nitrogens with zero attached hydrogens (tertiary/aromatic N) is 3.